The van der Waals surface area contributed by atoms with Gasteiger partial charge >= 0.3 is 11.9 Å². The molecule has 0 saturated heterocycles. The van der Waals surface area contributed by atoms with E-state index in [1.54, 1.807) is 0 Å². The second-order valence-corrected chi connectivity index (χ2v) is 5.99. The summed E-state index contributed by atoms with van der Waals surface area (Å²) >= 11 is 0. The van der Waals surface area contributed by atoms with Gasteiger partial charge in [0.2, 0.25) is 0 Å². The first-order valence-corrected chi connectivity index (χ1v) is 9.02. The number of aromatic nitrogens is 2. The molecule has 7 nitrogen and oxygen atoms in total. The lowest BCUT2D eigenvalue weighted by Gasteiger charge is -2.26. The molecule has 2 heterocycles. The van der Waals surface area contributed by atoms with E-state index >= 15 is 0 Å². The number of nitrogens with zero attached hydrogens (tertiary/aromatic N) is 3. The lowest BCUT2D eigenvalue weighted by atomic mass is 10.2. The van der Waals surface area contributed by atoms with Gasteiger partial charge in [0.15, 0.2) is 0 Å². The van der Waals surface area contributed by atoms with Crippen molar-refractivity contribution in [2.24, 2.45) is 0 Å². The molecular weight excluding hydrogens is 370 g/mol. The lowest BCUT2D eigenvalue weighted by molar-refractivity contribution is -0.134. The zero-order chi connectivity index (χ0) is 21.2. The van der Waals surface area contributed by atoms with Gasteiger partial charge in [-0.25, -0.2) is 9.59 Å². The number of pyridine rings is 1. The molecule has 2 N–H and O–H groups in total. The summed E-state index contributed by atoms with van der Waals surface area (Å²) < 4.78 is 2.21. The van der Waals surface area contributed by atoms with Crippen molar-refractivity contribution in [3.05, 3.63) is 79.3 Å². The number of carboxylic acid groups (broad SMARTS) is 2. The molecular formula is C22H23N3O4. The summed E-state index contributed by atoms with van der Waals surface area (Å²) in [5.41, 5.74) is 3.49. The Hall–Kier alpha value is -3.87. The summed E-state index contributed by atoms with van der Waals surface area (Å²) in [6, 6.07) is 12.5. The maximum absolute atomic E-state index is 9.55. The van der Waals surface area contributed by atoms with Crippen molar-refractivity contribution in [2.75, 3.05) is 11.6 Å². The molecule has 29 heavy (non-hydrogen) atoms. The number of benzene rings is 1. The van der Waals surface area contributed by atoms with E-state index in [2.05, 4.69) is 58.6 Å². The second-order valence-electron chi connectivity index (χ2n) is 5.99. The summed E-state index contributed by atoms with van der Waals surface area (Å²) in [4.78, 5) is 23.2. The first-order valence-electron chi connectivity index (χ1n) is 9.02. The van der Waals surface area contributed by atoms with Gasteiger partial charge in [-0.05, 0) is 24.6 Å². The fraction of sp³-hybridized carbons (Fsp3) is 0.136. The minimum Gasteiger partial charge on any atom is -0.478 e. The number of carbonyl (C=O) groups is 2. The van der Waals surface area contributed by atoms with Crippen LogP contribution in [0.3, 0.4) is 0 Å². The van der Waals surface area contributed by atoms with Gasteiger partial charge in [-0.2, -0.15) is 0 Å². The van der Waals surface area contributed by atoms with Gasteiger partial charge in [-0.15, -0.1) is 0 Å². The van der Waals surface area contributed by atoms with Crippen molar-refractivity contribution >= 4 is 34.6 Å². The van der Waals surface area contributed by atoms with Crippen LogP contribution in [-0.4, -0.2) is 38.4 Å². The van der Waals surface area contributed by atoms with Crippen LogP contribution >= 0.6 is 0 Å². The number of hydrogen-bond acceptors (Lipinski definition) is 4. The van der Waals surface area contributed by atoms with E-state index in [1.807, 2.05) is 30.6 Å². The van der Waals surface area contributed by atoms with E-state index in [9.17, 15) is 9.59 Å². The second kappa shape index (κ2) is 10.5. The van der Waals surface area contributed by atoms with Gasteiger partial charge in [0.05, 0.1) is 11.2 Å². The normalized spacial score (nSPS) is 10.4. The zero-order valence-electron chi connectivity index (χ0n) is 16.1. The molecule has 0 saturated carbocycles. The van der Waals surface area contributed by atoms with Crippen molar-refractivity contribution in [3.8, 4) is 0 Å². The molecule has 0 fully saturated rings. The molecule has 7 heteroatoms. The summed E-state index contributed by atoms with van der Waals surface area (Å²) in [6.45, 7) is 7.06. The van der Waals surface area contributed by atoms with Crippen LogP contribution in [0.4, 0.5) is 5.69 Å². The van der Waals surface area contributed by atoms with E-state index in [4.69, 9.17) is 10.2 Å². The Balaban J connectivity index is 0.000000321. The molecule has 3 rings (SSSR count). The fourth-order valence-electron chi connectivity index (χ4n) is 2.78. The van der Waals surface area contributed by atoms with E-state index in [-0.39, 0.29) is 0 Å². The highest BCUT2D eigenvalue weighted by atomic mass is 16.4. The number of fused-ring (bicyclic) bond motifs is 1. The van der Waals surface area contributed by atoms with Crippen molar-refractivity contribution in [2.45, 2.75) is 13.3 Å². The van der Waals surface area contributed by atoms with Crippen LogP contribution < -0.4 is 5.01 Å². The molecule has 0 unspecified atom stereocenters. The summed E-state index contributed by atoms with van der Waals surface area (Å²) in [6.07, 6.45) is 9.91. The van der Waals surface area contributed by atoms with Gasteiger partial charge in [-0.3, -0.25) is 14.7 Å². The van der Waals surface area contributed by atoms with Crippen LogP contribution in [0.15, 0.2) is 73.7 Å². The third kappa shape index (κ3) is 5.80. The minimum absolute atomic E-state index is 0.558. The molecule has 0 aliphatic rings. The quantitative estimate of drug-likeness (QED) is 0.588. The predicted octanol–water partition coefficient (Wildman–Crippen LogP) is 4.07. The number of para-hydroxylation sites is 1. The highest BCUT2D eigenvalue weighted by Crippen LogP contribution is 2.25. The van der Waals surface area contributed by atoms with Crippen LogP contribution in [0, 0.1) is 0 Å². The highest BCUT2D eigenvalue weighted by molar-refractivity contribution is 5.90. The van der Waals surface area contributed by atoms with E-state index in [1.165, 1.54) is 10.9 Å². The smallest absolute Gasteiger partial charge is 0.328 e. The Bertz CT molecular complexity index is 993. The fourth-order valence-corrected chi connectivity index (χ4v) is 2.78. The first kappa shape index (κ1) is 21.4. The monoisotopic (exact) mass is 393 g/mol. The van der Waals surface area contributed by atoms with Crippen LogP contribution in [0.25, 0.3) is 17.0 Å². The largest absolute Gasteiger partial charge is 0.478 e. The Morgan fingerprint density at radius 3 is 2.28 bits per heavy atom. The van der Waals surface area contributed by atoms with E-state index in [0.29, 0.717) is 12.2 Å². The average molecular weight is 393 g/mol. The number of hydrogen-bond donors (Lipinski definition) is 2. The van der Waals surface area contributed by atoms with Crippen LogP contribution in [0.1, 0.15) is 18.9 Å². The van der Waals surface area contributed by atoms with Crippen LogP contribution in [-0.2, 0) is 9.59 Å². The predicted molar refractivity (Wildman–Crippen MR) is 114 cm³/mol. The topological polar surface area (TPSA) is 95.7 Å². The van der Waals surface area contributed by atoms with Crippen molar-refractivity contribution < 1.29 is 19.8 Å². The lowest BCUT2D eigenvalue weighted by Crippen LogP contribution is -2.29. The van der Waals surface area contributed by atoms with Gasteiger partial charge < -0.3 is 10.2 Å². The average Bonchev–Trinajstić information content (AvgIpc) is 3.10. The molecule has 0 aliphatic heterocycles. The number of carboxylic acids is 2. The van der Waals surface area contributed by atoms with Gasteiger partial charge in [0.25, 0.3) is 0 Å². The van der Waals surface area contributed by atoms with E-state index < -0.39 is 11.9 Å². The Kier molecular flexibility index (Phi) is 7.73. The van der Waals surface area contributed by atoms with Gasteiger partial charge in [0.1, 0.15) is 0 Å². The molecule has 3 aromatic rings. The molecule has 0 aliphatic carbocycles. The molecule has 0 atom stereocenters. The molecule has 1 aromatic carbocycles. The Labute approximate surface area is 168 Å². The van der Waals surface area contributed by atoms with Gasteiger partial charge in [0, 0.05) is 48.2 Å². The SMILES string of the molecule is C=Cc1cn(N(CCC)c2ccncc2)c2ccccc12.O=C(O)C=CC(=O)O. The highest BCUT2D eigenvalue weighted by Gasteiger charge is 2.12. The molecule has 150 valence electrons. The Morgan fingerprint density at radius 1 is 1.10 bits per heavy atom. The van der Waals surface area contributed by atoms with Crippen LogP contribution in [0.2, 0.25) is 0 Å². The maximum atomic E-state index is 9.55. The van der Waals surface area contributed by atoms with Gasteiger partial charge in [-0.1, -0.05) is 37.8 Å². The molecule has 0 spiro atoms. The van der Waals surface area contributed by atoms with Crippen molar-refractivity contribution in [1.82, 2.24) is 9.66 Å². The molecule has 0 radical (unpaired) electrons. The van der Waals surface area contributed by atoms with Crippen molar-refractivity contribution in [3.63, 3.8) is 0 Å². The standard InChI is InChI=1S/C18H19N3.C4H4O4/c1-3-13-20(16-9-11-19-12-10-16)21-14-15(4-2)17-7-5-6-8-18(17)21;5-3(6)1-2-4(7)8/h4-12,14H,2-3,13H2,1H3;1-2H,(H,5,6)(H,7,8). The molecule has 2 aromatic heterocycles. The molecule has 0 bridgehead atoms. The number of aliphatic carboxylic acids is 2. The van der Waals surface area contributed by atoms with Crippen LogP contribution in [0.5, 0.6) is 0 Å². The number of anilines is 1. The first-order chi connectivity index (χ1) is 14.0. The van der Waals surface area contributed by atoms with E-state index in [0.717, 1.165) is 24.2 Å². The summed E-state index contributed by atoms with van der Waals surface area (Å²) in [7, 11) is 0. The number of rotatable bonds is 7. The molecule has 0 amide bonds. The summed E-state index contributed by atoms with van der Waals surface area (Å²) in [5.74, 6) is -2.51. The zero-order valence-corrected chi connectivity index (χ0v) is 16.1. The Morgan fingerprint density at radius 2 is 1.72 bits per heavy atom. The maximum Gasteiger partial charge on any atom is 0.328 e. The minimum atomic E-state index is -1.26. The summed E-state index contributed by atoms with van der Waals surface area (Å²) in [5, 5.41) is 19.1. The van der Waals surface area contributed by atoms with Crippen molar-refractivity contribution in [1.29, 1.82) is 0 Å². The third-order valence-corrected chi connectivity index (χ3v) is 3.97. The third-order valence-electron chi connectivity index (χ3n) is 3.97.